The molecular formula is C10H14N2O. The van der Waals surface area contributed by atoms with Crippen molar-refractivity contribution in [3.63, 3.8) is 0 Å². The predicted molar refractivity (Wildman–Crippen MR) is 51.9 cm³/mol. The van der Waals surface area contributed by atoms with Crippen LogP contribution >= 0.6 is 0 Å². The molecule has 0 amide bonds. The maximum absolute atomic E-state index is 11.6. The molecular weight excluding hydrogens is 164 g/mol. The van der Waals surface area contributed by atoms with Crippen LogP contribution in [0.5, 0.6) is 0 Å². The summed E-state index contributed by atoms with van der Waals surface area (Å²) in [6.07, 6.45) is 3.32. The zero-order valence-electron chi connectivity index (χ0n) is 8.24. The Hall–Kier alpha value is -1.22. The zero-order valence-corrected chi connectivity index (χ0v) is 8.24. The van der Waals surface area contributed by atoms with Crippen LogP contribution in [0.3, 0.4) is 0 Å². The lowest BCUT2D eigenvalue weighted by molar-refractivity contribution is 0.0957. The standard InChI is InChI=1S/C10H14N2O/c1-8-4-5-11-6-9(8)10(13)7-12(2)3/h4-6H,7H2,1-3H3. The van der Waals surface area contributed by atoms with Crippen molar-refractivity contribution in [1.29, 1.82) is 0 Å². The van der Waals surface area contributed by atoms with Gasteiger partial charge in [-0.1, -0.05) is 0 Å². The quantitative estimate of drug-likeness (QED) is 0.651. The van der Waals surface area contributed by atoms with E-state index in [0.29, 0.717) is 6.54 Å². The molecule has 0 aliphatic rings. The number of hydrogen-bond donors (Lipinski definition) is 0. The van der Waals surface area contributed by atoms with Gasteiger partial charge < -0.3 is 4.90 Å². The first-order valence-corrected chi connectivity index (χ1v) is 4.20. The van der Waals surface area contributed by atoms with Crippen molar-refractivity contribution >= 4 is 5.78 Å². The van der Waals surface area contributed by atoms with Crippen LogP contribution in [0, 0.1) is 6.92 Å². The van der Waals surface area contributed by atoms with E-state index in [4.69, 9.17) is 0 Å². The van der Waals surface area contributed by atoms with Gasteiger partial charge in [-0.25, -0.2) is 0 Å². The number of hydrogen-bond acceptors (Lipinski definition) is 3. The van der Waals surface area contributed by atoms with E-state index in [9.17, 15) is 4.79 Å². The fourth-order valence-electron chi connectivity index (χ4n) is 1.13. The number of carbonyl (C=O) groups excluding carboxylic acids is 1. The number of aromatic nitrogens is 1. The van der Waals surface area contributed by atoms with Crippen LogP contribution in [0.25, 0.3) is 0 Å². The molecule has 3 nitrogen and oxygen atoms in total. The summed E-state index contributed by atoms with van der Waals surface area (Å²) in [5.74, 6) is 0.121. The van der Waals surface area contributed by atoms with E-state index in [1.54, 1.807) is 12.4 Å². The van der Waals surface area contributed by atoms with Gasteiger partial charge in [0.2, 0.25) is 0 Å². The minimum absolute atomic E-state index is 0.121. The van der Waals surface area contributed by atoms with Crippen LogP contribution in [0.4, 0.5) is 0 Å². The molecule has 1 rings (SSSR count). The van der Waals surface area contributed by atoms with E-state index in [1.165, 1.54) is 0 Å². The summed E-state index contributed by atoms with van der Waals surface area (Å²) in [6, 6.07) is 1.85. The first-order chi connectivity index (χ1) is 6.11. The summed E-state index contributed by atoms with van der Waals surface area (Å²) in [4.78, 5) is 17.4. The van der Waals surface area contributed by atoms with E-state index in [1.807, 2.05) is 32.0 Å². The van der Waals surface area contributed by atoms with Crippen LogP contribution in [-0.4, -0.2) is 36.3 Å². The van der Waals surface area contributed by atoms with E-state index in [0.717, 1.165) is 11.1 Å². The normalized spacial score (nSPS) is 10.5. The number of carbonyl (C=O) groups is 1. The van der Waals surface area contributed by atoms with Crippen LogP contribution in [0.2, 0.25) is 0 Å². The highest BCUT2D eigenvalue weighted by atomic mass is 16.1. The van der Waals surface area contributed by atoms with Crippen molar-refractivity contribution in [2.24, 2.45) is 0 Å². The third-order valence-corrected chi connectivity index (χ3v) is 1.80. The van der Waals surface area contributed by atoms with E-state index < -0.39 is 0 Å². The van der Waals surface area contributed by atoms with Gasteiger partial charge >= 0.3 is 0 Å². The monoisotopic (exact) mass is 178 g/mol. The summed E-state index contributed by atoms with van der Waals surface area (Å²) in [7, 11) is 3.76. The molecule has 0 fully saturated rings. The van der Waals surface area contributed by atoms with Gasteiger partial charge in [-0.3, -0.25) is 9.78 Å². The fraction of sp³-hybridized carbons (Fsp3) is 0.400. The number of pyridine rings is 1. The molecule has 70 valence electrons. The molecule has 3 heteroatoms. The lowest BCUT2D eigenvalue weighted by atomic mass is 10.1. The molecule has 0 unspecified atom stereocenters. The average Bonchev–Trinajstić information content (AvgIpc) is 2.03. The highest BCUT2D eigenvalue weighted by Crippen LogP contribution is 2.05. The number of aryl methyl sites for hydroxylation is 1. The zero-order chi connectivity index (χ0) is 9.84. The molecule has 1 heterocycles. The minimum Gasteiger partial charge on any atom is -0.302 e. The second kappa shape index (κ2) is 4.14. The number of Topliss-reactive ketones (excluding diaryl/α,β-unsaturated/α-hetero) is 1. The SMILES string of the molecule is Cc1ccncc1C(=O)CN(C)C. The highest BCUT2D eigenvalue weighted by Gasteiger charge is 2.09. The molecule has 0 spiro atoms. The number of ketones is 1. The van der Waals surface area contributed by atoms with Crippen LogP contribution in [0.15, 0.2) is 18.5 Å². The van der Waals surface area contributed by atoms with Crippen LogP contribution < -0.4 is 0 Å². The Morgan fingerprint density at radius 3 is 2.77 bits per heavy atom. The van der Waals surface area contributed by atoms with Crippen molar-refractivity contribution in [2.75, 3.05) is 20.6 Å². The Labute approximate surface area is 78.4 Å². The first kappa shape index (κ1) is 9.86. The van der Waals surface area contributed by atoms with Gasteiger partial charge in [0, 0.05) is 18.0 Å². The van der Waals surface area contributed by atoms with Crippen LogP contribution in [0.1, 0.15) is 15.9 Å². The van der Waals surface area contributed by atoms with Gasteiger partial charge in [-0.05, 0) is 32.6 Å². The van der Waals surface area contributed by atoms with E-state index >= 15 is 0 Å². The molecule has 1 aromatic rings. The molecule has 0 aliphatic heterocycles. The maximum Gasteiger partial charge on any atom is 0.178 e. The summed E-state index contributed by atoms with van der Waals surface area (Å²) in [5.41, 5.74) is 1.71. The Morgan fingerprint density at radius 1 is 1.54 bits per heavy atom. The second-order valence-electron chi connectivity index (χ2n) is 3.35. The Balaban J connectivity index is 2.83. The van der Waals surface area contributed by atoms with Crippen molar-refractivity contribution in [3.8, 4) is 0 Å². The number of nitrogens with zero attached hydrogens (tertiary/aromatic N) is 2. The average molecular weight is 178 g/mol. The molecule has 0 saturated carbocycles. The minimum atomic E-state index is 0.121. The molecule has 0 saturated heterocycles. The van der Waals surface area contributed by atoms with Gasteiger partial charge in [0.05, 0.1) is 6.54 Å². The molecule has 13 heavy (non-hydrogen) atoms. The summed E-state index contributed by atoms with van der Waals surface area (Å²) in [5, 5.41) is 0. The lowest BCUT2D eigenvalue weighted by Crippen LogP contribution is -2.22. The van der Waals surface area contributed by atoms with Crippen molar-refractivity contribution in [3.05, 3.63) is 29.6 Å². The first-order valence-electron chi connectivity index (χ1n) is 4.20. The van der Waals surface area contributed by atoms with E-state index in [-0.39, 0.29) is 5.78 Å². The van der Waals surface area contributed by atoms with Gasteiger partial charge in [0.15, 0.2) is 5.78 Å². The molecule has 0 radical (unpaired) electrons. The third kappa shape index (κ3) is 2.63. The highest BCUT2D eigenvalue weighted by molar-refractivity contribution is 5.98. The Morgan fingerprint density at radius 2 is 2.23 bits per heavy atom. The van der Waals surface area contributed by atoms with Gasteiger partial charge in [-0.2, -0.15) is 0 Å². The fourth-order valence-corrected chi connectivity index (χ4v) is 1.13. The Bertz CT molecular complexity index is 308. The van der Waals surface area contributed by atoms with Crippen molar-refractivity contribution < 1.29 is 4.79 Å². The Kier molecular flexibility index (Phi) is 3.14. The largest absolute Gasteiger partial charge is 0.302 e. The number of likely N-dealkylation sites (N-methyl/N-ethyl adjacent to an activating group) is 1. The van der Waals surface area contributed by atoms with Gasteiger partial charge in [0.25, 0.3) is 0 Å². The number of rotatable bonds is 3. The topological polar surface area (TPSA) is 33.2 Å². The summed E-state index contributed by atoms with van der Waals surface area (Å²) < 4.78 is 0. The smallest absolute Gasteiger partial charge is 0.178 e. The van der Waals surface area contributed by atoms with E-state index in [2.05, 4.69) is 4.98 Å². The molecule has 0 N–H and O–H groups in total. The van der Waals surface area contributed by atoms with Gasteiger partial charge in [0.1, 0.15) is 0 Å². The molecule has 1 aromatic heterocycles. The van der Waals surface area contributed by atoms with Crippen molar-refractivity contribution in [2.45, 2.75) is 6.92 Å². The van der Waals surface area contributed by atoms with Crippen molar-refractivity contribution in [1.82, 2.24) is 9.88 Å². The summed E-state index contributed by atoms with van der Waals surface area (Å²) in [6.45, 7) is 2.36. The maximum atomic E-state index is 11.6. The van der Waals surface area contributed by atoms with Crippen LogP contribution in [-0.2, 0) is 0 Å². The molecule has 0 aliphatic carbocycles. The molecule has 0 aromatic carbocycles. The predicted octanol–water partition coefficient (Wildman–Crippen LogP) is 1.13. The molecule has 0 atom stereocenters. The molecule has 0 bridgehead atoms. The lowest BCUT2D eigenvalue weighted by Gasteiger charge is -2.09. The van der Waals surface area contributed by atoms with Gasteiger partial charge in [-0.15, -0.1) is 0 Å². The third-order valence-electron chi connectivity index (χ3n) is 1.80. The second-order valence-corrected chi connectivity index (χ2v) is 3.35. The summed E-state index contributed by atoms with van der Waals surface area (Å²) >= 11 is 0.